The van der Waals surface area contributed by atoms with Crippen LogP contribution in [-0.4, -0.2) is 18.1 Å². The summed E-state index contributed by atoms with van der Waals surface area (Å²) < 4.78 is 0. The van der Waals surface area contributed by atoms with Gasteiger partial charge in [-0.05, 0) is 55.3 Å². The molecule has 0 fully saturated rings. The van der Waals surface area contributed by atoms with Gasteiger partial charge in [0.25, 0.3) is 0 Å². The summed E-state index contributed by atoms with van der Waals surface area (Å²) in [6.07, 6.45) is 0. The smallest absolute Gasteiger partial charge is 0.335 e. The van der Waals surface area contributed by atoms with Crippen molar-refractivity contribution in [3.63, 3.8) is 0 Å². The van der Waals surface area contributed by atoms with Crippen LogP contribution in [0, 0.1) is 13.8 Å². The summed E-state index contributed by atoms with van der Waals surface area (Å²) in [5.41, 5.74) is 4.80. The molecule has 0 aromatic heterocycles. The molecule has 19 heavy (non-hydrogen) atoms. The van der Waals surface area contributed by atoms with E-state index >= 15 is 0 Å². The number of aryl methyl sites for hydroxylation is 2. The molecule has 1 N–H and O–H groups in total. The monoisotopic (exact) mass is 255 g/mol. The van der Waals surface area contributed by atoms with E-state index in [1.54, 1.807) is 12.1 Å². The lowest BCUT2D eigenvalue weighted by molar-refractivity contribution is 0.0697. The third kappa shape index (κ3) is 2.76. The predicted molar refractivity (Wildman–Crippen MR) is 77.4 cm³/mol. The van der Waals surface area contributed by atoms with Gasteiger partial charge in [0.05, 0.1) is 5.56 Å². The molecule has 2 aromatic rings. The average molecular weight is 255 g/mol. The van der Waals surface area contributed by atoms with Gasteiger partial charge in [-0.15, -0.1) is 0 Å². The number of carbonyl (C=O) groups is 1. The van der Waals surface area contributed by atoms with Crippen LogP contribution in [0.25, 0.3) is 0 Å². The Morgan fingerprint density at radius 1 is 1.05 bits per heavy atom. The number of carboxylic acids is 1. The molecule has 98 valence electrons. The van der Waals surface area contributed by atoms with E-state index in [9.17, 15) is 4.79 Å². The van der Waals surface area contributed by atoms with E-state index in [4.69, 9.17) is 5.11 Å². The summed E-state index contributed by atoms with van der Waals surface area (Å²) in [5.74, 6) is -0.902. The van der Waals surface area contributed by atoms with Gasteiger partial charge >= 0.3 is 5.97 Å². The first-order valence-electron chi connectivity index (χ1n) is 6.13. The molecular weight excluding hydrogens is 238 g/mol. The number of benzene rings is 2. The van der Waals surface area contributed by atoms with Crippen LogP contribution in [0.15, 0.2) is 42.5 Å². The van der Waals surface area contributed by atoms with Crippen molar-refractivity contribution >= 4 is 17.3 Å². The maximum atomic E-state index is 10.8. The van der Waals surface area contributed by atoms with Crippen LogP contribution in [0.4, 0.5) is 11.4 Å². The number of hydrogen-bond donors (Lipinski definition) is 1. The molecule has 3 nitrogen and oxygen atoms in total. The predicted octanol–water partition coefficient (Wildman–Crippen LogP) is 3.77. The van der Waals surface area contributed by atoms with Crippen molar-refractivity contribution in [1.82, 2.24) is 0 Å². The molecule has 0 heterocycles. The van der Waals surface area contributed by atoms with E-state index in [0.29, 0.717) is 5.56 Å². The quantitative estimate of drug-likeness (QED) is 0.907. The fourth-order valence-electron chi connectivity index (χ4n) is 2.05. The molecule has 0 atom stereocenters. The first-order valence-corrected chi connectivity index (χ1v) is 6.13. The summed E-state index contributed by atoms with van der Waals surface area (Å²) in [5, 5.41) is 8.90. The number of aromatic carboxylic acids is 1. The lowest BCUT2D eigenvalue weighted by Gasteiger charge is -2.22. The van der Waals surface area contributed by atoms with Crippen molar-refractivity contribution in [2.45, 2.75) is 13.8 Å². The lowest BCUT2D eigenvalue weighted by Crippen LogP contribution is -2.11. The normalized spacial score (nSPS) is 10.3. The first kappa shape index (κ1) is 13.1. The van der Waals surface area contributed by atoms with Crippen molar-refractivity contribution in [1.29, 1.82) is 0 Å². The number of nitrogens with zero attached hydrogens (tertiary/aromatic N) is 1. The molecule has 3 heteroatoms. The minimum Gasteiger partial charge on any atom is -0.478 e. The fraction of sp³-hybridized carbons (Fsp3) is 0.188. The Kier molecular flexibility index (Phi) is 3.56. The summed E-state index contributed by atoms with van der Waals surface area (Å²) in [4.78, 5) is 12.9. The zero-order valence-corrected chi connectivity index (χ0v) is 11.3. The molecule has 0 amide bonds. The molecule has 0 spiro atoms. The average Bonchev–Trinajstić information content (AvgIpc) is 2.41. The Morgan fingerprint density at radius 3 is 2.26 bits per heavy atom. The second-order valence-electron chi connectivity index (χ2n) is 4.70. The van der Waals surface area contributed by atoms with E-state index in [-0.39, 0.29) is 0 Å². The van der Waals surface area contributed by atoms with Crippen molar-refractivity contribution in [2.24, 2.45) is 0 Å². The molecule has 0 bridgehead atoms. The van der Waals surface area contributed by atoms with Gasteiger partial charge < -0.3 is 10.0 Å². The van der Waals surface area contributed by atoms with Crippen molar-refractivity contribution in [3.05, 3.63) is 59.2 Å². The van der Waals surface area contributed by atoms with Gasteiger partial charge in [-0.25, -0.2) is 4.79 Å². The van der Waals surface area contributed by atoms with Crippen molar-refractivity contribution < 1.29 is 9.90 Å². The zero-order valence-electron chi connectivity index (χ0n) is 11.3. The SMILES string of the molecule is Cc1ccc(C)c(N(C)c2ccc(C(=O)O)cc2)c1. The van der Waals surface area contributed by atoms with Crippen LogP contribution in [0.1, 0.15) is 21.5 Å². The largest absolute Gasteiger partial charge is 0.478 e. The molecule has 2 rings (SSSR count). The minimum absolute atomic E-state index is 0.304. The molecule has 0 saturated carbocycles. The van der Waals surface area contributed by atoms with Gasteiger partial charge in [0.1, 0.15) is 0 Å². The van der Waals surface area contributed by atoms with Gasteiger partial charge in [0.15, 0.2) is 0 Å². The molecule has 0 aliphatic heterocycles. The molecule has 0 aliphatic rings. The van der Waals surface area contributed by atoms with Crippen LogP contribution in [0.5, 0.6) is 0 Å². The van der Waals surface area contributed by atoms with Gasteiger partial charge in [-0.1, -0.05) is 12.1 Å². The fourth-order valence-corrected chi connectivity index (χ4v) is 2.05. The molecule has 0 radical (unpaired) electrons. The Labute approximate surface area is 113 Å². The Bertz CT molecular complexity index is 603. The number of rotatable bonds is 3. The van der Waals surface area contributed by atoms with Gasteiger partial charge in [-0.2, -0.15) is 0 Å². The van der Waals surface area contributed by atoms with Gasteiger partial charge in [-0.3, -0.25) is 0 Å². The highest BCUT2D eigenvalue weighted by Gasteiger charge is 2.08. The Balaban J connectivity index is 2.35. The third-order valence-corrected chi connectivity index (χ3v) is 3.23. The highest BCUT2D eigenvalue weighted by atomic mass is 16.4. The molecule has 2 aromatic carbocycles. The Morgan fingerprint density at radius 2 is 1.68 bits per heavy atom. The third-order valence-electron chi connectivity index (χ3n) is 3.23. The maximum Gasteiger partial charge on any atom is 0.335 e. The Hall–Kier alpha value is -2.29. The highest BCUT2D eigenvalue weighted by molar-refractivity contribution is 5.88. The van der Waals surface area contributed by atoms with Crippen molar-refractivity contribution in [2.75, 3.05) is 11.9 Å². The number of anilines is 2. The van der Waals surface area contributed by atoms with E-state index in [0.717, 1.165) is 11.4 Å². The second-order valence-corrected chi connectivity index (χ2v) is 4.70. The van der Waals surface area contributed by atoms with Crippen molar-refractivity contribution in [3.8, 4) is 0 Å². The second kappa shape index (κ2) is 5.14. The van der Waals surface area contributed by atoms with Crippen LogP contribution < -0.4 is 4.90 Å². The van der Waals surface area contributed by atoms with E-state index in [2.05, 4.69) is 36.9 Å². The maximum absolute atomic E-state index is 10.8. The van der Waals surface area contributed by atoms with Gasteiger partial charge in [0.2, 0.25) is 0 Å². The summed E-state index contributed by atoms with van der Waals surface area (Å²) in [6, 6.07) is 13.2. The number of carboxylic acid groups (broad SMARTS) is 1. The molecule has 0 saturated heterocycles. The first-order chi connectivity index (χ1) is 8.99. The summed E-state index contributed by atoms with van der Waals surface area (Å²) >= 11 is 0. The molecule has 0 unspecified atom stereocenters. The van der Waals surface area contributed by atoms with Crippen LogP contribution in [0.2, 0.25) is 0 Å². The highest BCUT2D eigenvalue weighted by Crippen LogP contribution is 2.27. The number of hydrogen-bond acceptors (Lipinski definition) is 2. The molecule has 0 aliphatic carbocycles. The van der Waals surface area contributed by atoms with Gasteiger partial charge in [0, 0.05) is 18.4 Å². The van der Waals surface area contributed by atoms with Crippen LogP contribution in [0.3, 0.4) is 0 Å². The summed E-state index contributed by atoms with van der Waals surface area (Å²) in [6.45, 7) is 4.13. The van der Waals surface area contributed by atoms with Crippen LogP contribution >= 0.6 is 0 Å². The van der Waals surface area contributed by atoms with E-state index < -0.39 is 5.97 Å². The standard InChI is InChI=1S/C16H17NO2/c1-11-4-5-12(2)15(10-11)17(3)14-8-6-13(7-9-14)16(18)19/h4-10H,1-3H3,(H,18,19). The minimum atomic E-state index is -0.902. The van der Waals surface area contributed by atoms with E-state index in [1.165, 1.54) is 11.1 Å². The van der Waals surface area contributed by atoms with Crippen LogP contribution in [-0.2, 0) is 0 Å². The van der Waals surface area contributed by atoms with E-state index in [1.807, 2.05) is 19.2 Å². The summed E-state index contributed by atoms with van der Waals surface area (Å²) in [7, 11) is 1.98. The molecular formula is C16H17NO2. The zero-order chi connectivity index (χ0) is 14.0. The lowest BCUT2D eigenvalue weighted by atomic mass is 10.1. The topological polar surface area (TPSA) is 40.5 Å².